The summed E-state index contributed by atoms with van der Waals surface area (Å²) in [7, 11) is -8.78. The Hall–Kier alpha value is -3.41. The fourth-order valence-electron chi connectivity index (χ4n) is 4.11. The Balaban J connectivity index is 1.46. The predicted octanol–water partition coefficient (Wildman–Crippen LogP) is 3.40. The van der Waals surface area contributed by atoms with Crippen molar-refractivity contribution in [3.8, 4) is 0 Å². The van der Waals surface area contributed by atoms with Gasteiger partial charge in [-0.3, -0.25) is 25.2 Å². The van der Waals surface area contributed by atoms with E-state index in [9.17, 15) is 44.7 Å². The first-order valence-electron chi connectivity index (χ1n) is 12.0. The number of nitrogens with zero attached hydrogens (tertiary/aromatic N) is 1. The topological polar surface area (TPSA) is 162 Å². The van der Waals surface area contributed by atoms with Crippen LogP contribution in [0.3, 0.4) is 0 Å². The highest BCUT2D eigenvalue weighted by molar-refractivity contribution is 7.92. The summed E-state index contributed by atoms with van der Waals surface area (Å²) in [6.07, 6.45) is -6.20. The molecule has 1 fully saturated rings. The largest absolute Gasteiger partial charge is 0.416 e. The van der Waals surface area contributed by atoms with Crippen LogP contribution in [0.5, 0.6) is 0 Å². The lowest BCUT2D eigenvalue weighted by atomic mass is 10.2. The van der Waals surface area contributed by atoms with Gasteiger partial charge in [-0.05, 0) is 54.6 Å². The van der Waals surface area contributed by atoms with Gasteiger partial charge in [-0.2, -0.15) is 17.5 Å². The maximum Gasteiger partial charge on any atom is 0.416 e. The zero-order valence-corrected chi connectivity index (χ0v) is 24.6. The lowest BCUT2D eigenvalue weighted by molar-refractivity contribution is -0.137. The van der Waals surface area contributed by atoms with E-state index in [1.807, 2.05) is 4.72 Å². The second kappa shape index (κ2) is 12.3. The average molecular weight is 681 g/mol. The van der Waals surface area contributed by atoms with Crippen molar-refractivity contribution < 1.29 is 44.7 Å². The molecule has 2 atom stereocenters. The van der Waals surface area contributed by atoms with E-state index in [1.54, 1.807) is 0 Å². The zero-order valence-electron chi connectivity index (χ0n) is 21.5. The highest BCUT2D eigenvalue weighted by atomic mass is 35.5. The number of sulfonamides is 2. The number of carbonyl (C=O) groups excluding carboxylic acids is 2. The molecular weight excluding hydrogens is 660 g/mol. The van der Waals surface area contributed by atoms with Crippen molar-refractivity contribution in [2.24, 2.45) is 0 Å². The second-order valence-electron chi connectivity index (χ2n) is 9.21. The number of benzene rings is 3. The molecule has 4 N–H and O–H groups in total. The Morgan fingerprint density at radius 3 is 2.26 bits per heavy atom. The van der Waals surface area contributed by atoms with E-state index in [1.165, 1.54) is 24.3 Å². The first-order chi connectivity index (χ1) is 20.0. The maximum atomic E-state index is 13.2. The molecule has 0 radical (unpaired) electrons. The Morgan fingerprint density at radius 2 is 1.58 bits per heavy atom. The first-order valence-corrected chi connectivity index (χ1v) is 15.7. The van der Waals surface area contributed by atoms with Crippen molar-refractivity contribution in [1.29, 1.82) is 0 Å². The number of alkyl halides is 3. The van der Waals surface area contributed by atoms with Gasteiger partial charge in [0.25, 0.3) is 21.8 Å². The van der Waals surface area contributed by atoms with Crippen LogP contribution < -0.4 is 15.6 Å². The standard InChI is InChI=1S/C25H21Cl2F3N4O7S2/c26-20-8-7-19(12-21(20)27)43(40,41)34-13-17(35)11-22(34)24(37)32-31-23(36)14-3-1-6-18(9-14)42(38,39)33-16-5-2-4-15(10-16)25(28,29)30/h1-10,12,17,22,33,35H,11,13H2,(H,31,36)(H,32,37)/t17-,22-/m0/s1. The molecule has 0 spiro atoms. The summed E-state index contributed by atoms with van der Waals surface area (Å²) in [5, 5.41) is 10.2. The summed E-state index contributed by atoms with van der Waals surface area (Å²) in [4.78, 5) is 24.8. The van der Waals surface area contributed by atoms with E-state index < -0.39 is 67.2 Å². The number of amides is 2. The number of hydrogen-bond donors (Lipinski definition) is 4. The Labute approximate surface area is 253 Å². The van der Waals surface area contributed by atoms with Gasteiger partial charge in [0.15, 0.2) is 0 Å². The van der Waals surface area contributed by atoms with Crippen LogP contribution in [-0.2, 0) is 31.0 Å². The van der Waals surface area contributed by atoms with Crippen LogP contribution in [0.4, 0.5) is 18.9 Å². The first kappa shape index (κ1) is 32.5. The minimum absolute atomic E-state index is 0.0509. The van der Waals surface area contributed by atoms with Gasteiger partial charge in [0.2, 0.25) is 10.0 Å². The highest BCUT2D eigenvalue weighted by Gasteiger charge is 2.43. The smallest absolute Gasteiger partial charge is 0.392 e. The fourth-order valence-corrected chi connectivity index (χ4v) is 7.23. The molecule has 1 aliphatic heterocycles. The summed E-state index contributed by atoms with van der Waals surface area (Å²) in [5.74, 6) is -1.99. The number of hydrogen-bond acceptors (Lipinski definition) is 7. The summed E-state index contributed by atoms with van der Waals surface area (Å²) in [6.45, 7) is -0.423. The molecule has 0 aromatic heterocycles. The molecule has 1 aliphatic rings. The highest BCUT2D eigenvalue weighted by Crippen LogP contribution is 2.32. The van der Waals surface area contributed by atoms with E-state index in [2.05, 4.69) is 10.9 Å². The molecule has 2 amide bonds. The van der Waals surface area contributed by atoms with Crippen molar-refractivity contribution in [2.45, 2.75) is 34.5 Å². The minimum Gasteiger partial charge on any atom is -0.392 e. The molecule has 11 nitrogen and oxygen atoms in total. The summed E-state index contributed by atoms with van der Waals surface area (Å²) in [6, 6.07) is 9.99. The van der Waals surface area contributed by atoms with Crippen LogP contribution in [-0.4, -0.2) is 56.8 Å². The number of rotatable bonds is 7. The Bertz CT molecular complexity index is 1790. The maximum absolute atomic E-state index is 13.2. The number of carbonyl (C=O) groups is 2. The van der Waals surface area contributed by atoms with Crippen molar-refractivity contribution >= 4 is 60.8 Å². The third kappa shape index (κ3) is 7.39. The molecular formula is C25H21Cl2F3N4O7S2. The van der Waals surface area contributed by atoms with Gasteiger partial charge >= 0.3 is 6.18 Å². The third-order valence-electron chi connectivity index (χ3n) is 6.18. The molecule has 4 rings (SSSR count). The molecule has 230 valence electrons. The molecule has 3 aromatic rings. The molecule has 43 heavy (non-hydrogen) atoms. The number of halogens is 5. The number of aliphatic hydroxyl groups excluding tert-OH is 1. The molecule has 1 heterocycles. The molecule has 0 unspecified atom stereocenters. The van der Waals surface area contributed by atoms with Gasteiger partial charge in [-0.25, -0.2) is 16.8 Å². The van der Waals surface area contributed by atoms with E-state index in [0.717, 1.165) is 40.7 Å². The number of β-amino-alcohol motifs (C(OH)–C–C–N with tert-alkyl or cyclic N) is 1. The Kier molecular flexibility index (Phi) is 9.30. The minimum atomic E-state index is -4.70. The molecule has 0 bridgehead atoms. The number of anilines is 1. The SMILES string of the molecule is O=C(NNC(=O)[C@@H]1C[C@H](O)CN1S(=O)(=O)c1ccc(Cl)c(Cl)c1)c1cccc(S(=O)(=O)Nc2cccc(C(F)(F)F)c2)c1. The summed E-state index contributed by atoms with van der Waals surface area (Å²) in [5.41, 5.74) is 2.41. The van der Waals surface area contributed by atoms with Gasteiger partial charge in [-0.15, -0.1) is 0 Å². The van der Waals surface area contributed by atoms with Gasteiger partial charge in [0.1, 0.15) is 6.04 Å². The molecule has 0 saturated carbocycles. The van der Waals surface area contributed by atoms with Gasteiger partial charge in [0, 0.05) is 24.2 Å². The van der Waals surface area contributed by atoms with Crippen LogP contribution >= 0.6 is 23.2 Å². The zero-order chi connectivity index (χ0) is 31.7. The van der Waals surface area contributed by atoms with Crippen molar-refractivity contribution in [3.05, 3.63) is 87.9 Å². The molecule has 18 heteroatoms. The van der Waals surface area contributed by atoms with Crippen molar-refractivity contribution in [1.82, 2.24) is 15.2 Å². The van der Waals surface area contributed by atoms with Crippen LogP contribution in [0.1, 0.15) is 22.3 Å². The number of nitrogens with one attached hydrogen (secondary N) is 3. The quantitative estimate of drug-likeness (QED) is 0.278. The normalized spacial score (nSPS) is 17.8. The van der Waals surface area contributed by atoms with Gasteiger partial charge in [-0.1, -0.05) is 35.3 Å². The lowest BCUT2D eigenvalue weighted by Gasteiger charge is -2.23. The third-order valence-corrected chi connectivity index (χ3v) is 10.2. The van der Waals surface area contributed by atoms with Gasteiger partial charge < -0.3 is 5.11 Å². The van der Waals surface area contributed by atoms with Crippen molar-refractivity contribution in [2.75, 3.05) is 11.3 Å². The Morgan fingerprint density at radius 1 is 0.884 bits per heavy atom. The van der Waals surface area contributed by atoms with Crippen molar-refractivity contribution in [3.63, 3.8) is 0 Å². The lowest BCUT2D eigenvalue weighted by Crippen LogP contribution is -2.51. The van der Waals surface area contributed by atoms with Crippen LogP contribution in [0.2, 0.25) is 10.0 Å². The second-order valence-corrected chi connectivity index (χ2v) is 13.6. The summed E-state index contributed by atoms with van der Waals surface area (Å²) < 4.78 is 93.7. The van der Waals surface area contributed by atoms with E-state index >= 15 is 0 Å². The molecule has 1 saturated heterocycles. The summed E-state index contributed by atoms with van der Waals surface area (Å²) >= 11 is 11.8. The number of aliphatic hydroxyl groups is 1. The monoisotopic (exact) mass is 680 g/mol. The van der Waals surface area contributed by atoms with Gasteiger partial charge in [0.05, 0.1) is 31.5 Å². The molecule has 0 aliphatic carbocycles. The van der Waals surface area contributed by atoms with Crippen LogP contribution in [0.15, 0.2) is 76.5 Å². The van der Waals surface area contributed by atoms with E-state index in [4.69, 9.17) is 23.2 Å². The van der Waals surface area contributed by atoms with Crippen LogP contribution in [0.25, 0.3) is 0 Å². The fraction of sp³-hybridized carbons (Fsp3) is 0.200. The van der Waals surface area contributed by atoms with Crippen LogP contribution in [0, 0.1) is 0 Å². The predicted molar refractivity (Wildman–Crippen MR) is 149 cm³/mol. The van der Waals surface area contributed by atoms with E-state index in [0.29, 0.717) is 6.07 Å². The average Bonchev–Trinajstić information content (AvgIpc) is 3.35. The van der Waals surface area contributed by atoms with E-state index in [-0.39, 0.29) is 32.6 Å². The molecule has 3 aromatic carbocycles. The number of hydrazine groups is 1.